The van der Waals surface area contributed by atoms with Crippen molar-refractivity contribution in [1.82, 2.24) is 5.32 Å². The van der Waals surface area contributed by atoms with Crippen molar-refractivity contribution in [3.63, 3.8) is 0 Å². The Hall–Kier alpha value is -1.26. The third kappa shape index (κ3) is 2.76. The summed E-state index contributed by atoms with van der Waals surface area (Å²) in [6.45, 7) is 5.29. The normalized spacial score (nSPS) is 25.5. The van der Waals surface area contributed by atoms with Crippen LogP contribution < -0.4 is 5.32 Å². The summed E-state index contributed by atoms with van der Waals surface area (Å²) in [7, 11) is 1.43. The summed E-state index contributed by atoms with van der Waals surface area (Å²) in [5.74, 6) is -0.186. The second-order valence-corrected chi connectivity index (χ2v) is 5.37. The van der Waals surface area contributed by atoms with Gasteiger partial charge < -0.3 is 10.1 Å². The number of esters is 1. The monoisotopic (exact) mass is 254 g/mol. The Morgan fingerprint density at radius 2 is 2.22 bits per heavy atom. The van der Waals surface area contributed by atoms with Crippen LogP contribution in [-0.4, -0.2) is 31.7 Å². The summed E-state index contributed by atoms with van der Waals surface area (Å²) in [6, 6.07) is 0. The molecule has 6 heteroatoms. The molecule has 102 valence electrons. The van der Waals surface area contributed by atoms with Crippen LogP contribution in [-0.2, 0) is 9.53 Å². The molecule has 1 atom stereocenters. The highest BCUT2D eigenvalue weighted by molar-refractivity contribution is 5.82. The predicted molar refractivity (Wildman–Crippen MR) is 69.0 cm³/mol. The molecule has 1 aliphatic rings. The first-order chi connectivity index (χ1) is 8.50. The highest BCUT2D eigenvalue weighted by Crippen LogP contribution is 2.46. The molecule has 0 aromatic carbocycles. The van der Waals surface area contributed by atoms with Crippen molar-refractivity contribution in [3.05, 3.63) is 10.4 Å². The van der Waals surface area contributed by atoms with Crippen molar-refractivity contribution >= 4 is 5.97 Å². The number of methoxy groups -OCH3 is 1. The van der Waals surface area contributed by atoms with E-state index >= 15 is 0 Å². The van der Waals surface area contributed by atoms with Crippen LogP contribution >= 0.6 is 0 Å². The average molecular weight is 254 g/mol. The summed E-state index contributed by atoms with van der Waals surface area (Å²) in [4.78, 5) is 14.8. The van der Waals surface area contributed by atoms with Gasteiger partial charge in [0.2, 0.25) is 0 Å². The number of nitrogens with one attached hydrogen (secondary N) is 1. The van der Waals surface area contributed by atoms with Crippen molar-refractivity contribution in [2.45, 2.75) is 45.1 Å². The van der Waals surface area contributed by atoms with E-state index in [9.17, 15) is 4.79 Å². The van der Waals surface area contributed by atoms with Gasteiger partial charge >= 0.3 is 5.97 Å². The lowest BCUT2D eigenvalue weighted by Gasteiger charge is -2.39. The Bertz CT molecular complexity index is 350. The standard InChI is InChI=1S/C12H22N4O2/c1-11(2)6-4-7-12(11,10(17)18-3)14-8-5-9-15-16-13/h14H,4-9H2,1-3H3. The molecule has 0 aromatic heterocycles. The minimum atomic E-state index is -0.599. The van der Waals surface area contributed by atoms with E-state index in [1.807, 2.05) is 0 Å². The zero-order chi connectivity index (χ0) is 13.6. The number of hydrogen-bond donors (Lipinski definition) is 1. The summed E-state index contributed by atoms with van der Waals surface area (Å²) in [5, 5.41) is 6.82. The first kappa shape index (κ1) is 14.8. The molecule has 6 nitrogen and oxygen atoms in total. The zero-order valence-corrected chi connectivity index (χ0v) is 11.4. The van der Waals surface area contributed by atoms with Gasteiger partial charge in [-0.25, -0.2) is 0 Å². The summed E-state index contributed by atoms with van der Waals surface area (Å²) >= 11 is 0. The van der Waals surface area contributed by atoms with E-state index in [0.29, 0.717) is 13.1 Å². The minimum absolute atomic E-state index is 0.113. The van der Waals surface area contributed by atoms with E-state index in [4.69, 9.17) is 10.3 Å². The highest BCUT2D eigenvalue weighted by Gasteiger charge is 2.54. The summed E-state index contributed by atoms with van der Waals surface area (Å²) in [6.07, 6.45) is 3.55. The third-order valence-electron chi connectivity index (χ3n) is 3.97. The van der Waals surface area contributed by atoms with E-state index in [2.05, 4.69) is 29.2 Å². The zero-order valence-electron chi connectivity index (χ0n) is 11.4. The van der Waals surface area contributed by atoms with E-state index in [0.717, 1.165) is 25.7 Å². The van der Waals surface area contributed by atoms with Gasteiger partial charge in [-0.05, 0) is 36.8 Å². The Morgan fingerprint density at radius 3 is 2.72 bits per heavy atom. The molecule has 1 saturated carbocycles. The largest absolute Gasteiger partial charge is 0.468 e. The molecule has 0 spiro atoms. The minimum Gasteiger partial charge on any atom is -0.468 e. The van der Waals surface area contributed by atoms with Gasteiger partial charge in [-0.15, -0.1) is 0 Å². The number of carbonyl (C=O) groups is 1. The average Bonchev–Trinajstić information content (AvgIpc) is 2.64. The van der Waals surface area contributed by atoms with Crippen molar-refractivity contribution in [1.29, 1.82) is 0 Å². The van der Waals surface area contributed by atoms with Crippen molar-refractivity contribution < 1.29 is 9.53 Å². The van der Waals surface area contributed by atoms with E-state index in [-0.39, 0.29) is 11.4 Å². The smallest absolute Gasteiger partial charge is 0.326 e. The van der Waals surface area contributed by atoms with Crippen LogP contribution in [0.15, 0.2) is 5.11 Å². The molecule has 0 bridgehead atoms. The fraction of sp³-hybridized carbons (Fsp3) is 0.917. The van der Waals surface area contributed by atoms with Crippen LogP contribution in [0.4, 0.5) is 0 Å². The Kier molecular flexibility index (Phi) is 4.99. The van der Waals surface area contributed by atoms with Crippen LogP contribution in [0.3, 0.4) is 0 Å². The van der Waals surface area contributed by atoms with Crippen LogP contribution in [0.2, 0.25) is 0 Å². The van der Waals surface area contributed by atoms with Gasteiger partial charge in [0, 0.05) is 11.5 Å². The maximum absolute atomic E-state index is 12.1. The van der Waals surface area contributed by atoms with Crippen molar-refractivity contribution in [2.24, 2.45) is 10.5 Å². The molecule has 0 aliphatic heterocycles. The van der Waals surface area contributed by atoms with Gasteiger partial charge in [0.1, 0.15) is 5.54 Å². The molecule has 1 rings (SSSR count). The quantitative estimate of drug-likeness (QED) is 0.259. The van der Waals surface area contributed by atoms with Gasteiger partial charge in [0.15, 0.2) is 0 Å². The molecule has 0 radical (unpaired) electrons. The molecule has 0 aromatic rings. The molecule has 1 aliphatic carbocycles. The number of carbonyl (C=O) groups excluding carboxylic acids is 1. The van der Waals surface area contributed by atoms with E-state index in [1.165, 1.54) is 7.11 Å². The summed E-state index contributed by atoms with van der Waals surface area (Å²) < 4.78 is 4.97. The number of rotatable bonds is 6. The lowest BCUT2D eigenvalue weighted by Crippen LogP contribution is -2.59. The lowest BCUT2D eigenvalue weighted by atomic mass is 9.74. The Morgan fingerprint density at radius 1 is 1.50 bits per heavy atom. The van der Waals surface area contributed by atoms with Crippen LogP contribution in [0.1, 0.15) is 39.5 Å². The third-order valence-corrected chi connectivity index (χ3v) is 3.97. The first-order valence-electron chi connectivity index (χ1n) is 6.34. The second-order valence-electron chi connectivity index (χ2n) is 5.37. The van der Waals surface area contributed by atoms with E-state index < -0.39 is 5.54 Å². The molecule has 0 amide bonds. The SMILES string of the molecule is COC(=O)C1(NCCCN=[N+]=[N-])CCCC1(C)C. The van der Waals surface area contributed by atoms with Gasteiger partial charge in [-0.2, -0.15) is 0 Å². The lowest BCUT2D eigenvalue weighted by molar-refractivity contribution is -0.153. The molecule has 1 unspecified atom stereocenters. The van der Waals surface area contributed by atoms with Crippen LogP contribution in [0, 0.1) is 5.41 Å². The molecule has 0 saturated heterocycles. The Labute approximate surface area is 108 Å². The molecular weight excluding hydrogens is 232 g/mol. The fourth-order valence-corrected chi connectivity index (χ4v) is 2.80. The molecule has 1 N–H and O–H groups in total. The van der Waals surface area contributed by atoms with Gasteiger partial charge in [-0.1, -0.05) is 25.4 Å². The Balaban J connectivity index is 2.68. The second kappa shape index (κ2) is 6.07. The molecule has 1 fully saturated rings. The molecule has 0 heterocycles. The number of azide groups is 1. The topological polar surface area (TPSA) is 87.1 Å². The first-order valence-corrected chi connectivity index (χ1v) is 6.34. The van der Waals surface area contributed by atoms with Gasteiger partial charge in [0.25, 0.3) is 0 Å². The number of nitrogens with zero attached hydrogens (tertiary/aromatic N) is 3. The number of hydrogen-bond acceptors (Lipinski definition) is 4. The maximum atomic E-state index is 12.1. The van der Waals surface area contributed by atoms with Crippen LogP contribution in [0.25, 0.3) is 10.4 Å². The fourth-order valence-electron chi connectivity index (χ4n) is 2.80. The van der Waals surface area contributed by atoms with Crippen molar-refractivity contribution in [2.75, 3.05) is 20.2 Å². The van der Waals surface area contributed by atoms with Crippen molar-refractivity contribution in [3.8, 4) is 0 Å². The summed E-state index contributed by atoms with van der Waals surface area (Å²) in [5.41, 5.74) is 7.49. The molecular formula is C12H22N4O2. The number of ether oxygens (including phenoxy) is 1. The van der Waals surface area contributed by atoms with E-state index in [1.54, 1.807) is 0 Å². The molecule has 18 heavy (non-hydrogen) atoms. The maximum Gasteiger partial charge on any atom is 0.326 e. The predicted octanol–water partition coefficient (Wildman–Crippen LogP) is 2.40. The van der Waals surface area contributed by atoms with Crippen LogP contribution in [0.5, 0.6) is 0 Å². The highest BCUT2D eigenvalue weighted by atomic mass is 16.5. The van der Waals surface area contributed by atoms with Gasteiger partial charge in [0.05, 0.1) is 7.11 Å². The van der Waals surface area contributed by atoms with Gasteiger partial charge in [-0.3, -0.25) is 4.79 Å².